The van der Waals surface area contributed by atoms with E-state index in [1.807, 2.05) is 54.6 Å². The van der Waals surface area contributed by atoms with Crippen molar-refractivity contribution >= 4 is 54.5 Å². The van der Waals surface area contributed by atoms with Gasteiger partial charge in [-0.2, -0.15) is 0 Å². The van der Waals surface area contributed by atoms with E-state index in [4.69, 9.17) is 30.5 Å². The zero-order valence-corrected chi connectivity index (χ0v) is 28.5. The van der Waals surface area contributed by atoms with E-state index in [1.54, 1.807) is 6.21 Å². The van der Waals surface area contributed by atoms with E-state index < -0.39 is 18.2 Å². The van der Waals surface area contributed by atoms with Gasteiger partial charge in [-0.1, -0.05) is 96.1 Å². The molecule has 40 heavy (non-hydrogen) atoms. The molecule has 0 bridgehead atoms. The quantitative estimate of drug-likeness (QED) is 0.214. The molecule has 0 saturated carbocycles. The van der Waals surface area contributed by atoms with Gasteiger partial charge < -0.3 is 10.0 Å². The van der Waals surface area contributed by atoms with Gasteiger partial charge in [-0.05, 0) is 58.9 Å². The summed E-state index contributed by atoms with van der Waals surface area (Å²) in [4.78, 5) is 7.14. The fraction of sp³-hybridized carbons (Fsp3) is 0.242. The Labute approximate surface area is 257 Å². The molecule has 0 fully saturated rings. The summed E-state index contributed by atoms with van der Waals surface area (Å²) in [7, 11) is 15.0. The zero-order valence-electron chi connectivity index (χ0n) is 23.8. The summed E-state index contributed by atoms with van der Waals surface area (Å²) in [6.45, 7) is 13.0. The third kappa shape index (κ3) is 8.95. The van der Waals surface area contributed by atoms with Crippen molar-refractivity contribution in [3.8, 4) is 5.75 Å². The Bertz CT molecular complexity index is 1370. The molecule has 0 atom stereocenters. The minimum absolute atomic E-state index is 0.0500. The second-order valence-electron chi connectivity index (χ2n) is 11.4. The molecule has 4 aromatic carbocycles. The SMILES string of the molecule is CC(C)(C)c1cc(C=Nc2ccccc2N(c2ccccc2)c2ccccc2)c(O)c(C(C)(C)C)c1.[Cl][Zr]([Cl])[Cl]. The molecule has 0 spiro atoms. The van der Waals surface area contributed by atoms with Crippen molar-refractivity contribution in [2.45, 2.75) is 52.4 Å². The van der Waals surface area contributed by atoms with Gasteiger partial charge in [-0.3, -0.25) is 4.99 Å². The van der Waals surface area contributed by atoms with Gasteiger partial charge in [0.1, 0.15) is 5.75 Å². The molecule has 0 amide bonds. The molecule has 1 N–H and O–H groups in total. The van der Waals surface area contributed by atoms with Gasteiger partial charge >= 0.3 is 43.7 Å². The normalized spacial score (nSPS) is 11.6. The van der Waals surface area contributed by atoms with Crippen LogP contribution in [0, 0.1) is 0 Å². The van der Waals surface area contributed by atoms with Crippen molar-refractivity contribution in [1.82, 2.24) is 0 Å². The van der Waals surface area contributed by atoms with Crippen molar-refractivity contribution < 1.29 is 23.3 Å². The minimum atomic E-state index is -2.13. The average Bonchev–Trinajstić information content (AvgIpc) is 2.88. The van der Waals surface area contributed by atoms with Crippen molar-refractivity contribution in [1.29, 1.82) is 0 Å². The summed E-state index contributed by atoms with van der Waals surface area (Å²) >= 11 is -2.13. The molecule has 0 aliphatic heterocycles. The van der Waals surface area contributed by atoms with Crippen molar-refractivity contribution in [2.24, 2.45) is 4.99 Å². The number of hydrogen-bond donors (Lipinski definition) is 1. The summed E-state index contributed by atoms with van der Waals surface area (Å²) in [5, 5.41) is 11.2. The first-order valence-corrected chi connectivity index (χ1v) is 22.5. The van der Waals surface area contributed by atoms with Crippen LogP contribution in [-0.4, -0.2) is 11.3 Å². The number of hydrogen-bond acceptors (Lipinski definition) is 3. The third-order valence-electron chi connectivity index (χ3n) is 6.31. The van der Waals surface area contributed by atoms with Crippen LogP contribution in [0.15, 0.2) is 102 Å². The van der Waals surface area contributed by atoms with E-state index >= 15 is 0 Å². The Hall–Kier alpha value is -2.10. The number of anilines is 3. The molecule has 0 unspecified atom stereocenters. The van der Waals surface area contributed by atoms with E-state index in [1.165, 1.54) is 5.56 Å². The van der Waals surface area contributed by atoms with E-state index in [-0.39, 0.29) is 10.8 Å². The Morgan fingerprint density at radius 3 is 1.65 bits per heavy atom. The number of aliphatic imine (C=N–C) groups is 1. The molecular formula is C33H36Cl3N2OZr. The molecular weight excluding hydrogens is 638 g/mol. The molecule has 0 aliphatic rings. The number of phenols is 1. The molecule has 0 aromatic heterocycles. The Balaban J connectivity index is 0.00000103. The third-order valence-corrected chi connectivity index (χ3v) is 6.31. The first kappa shape index (κ1) is 32.4. The number of para-hydroxylation sites is 4. The number of benzene rings is 4. The van der Waals surface area contributed by atoms with Crippen LogP contribution >= 0.6 is 25.5 Å². The Morgan fingerprint density at radius 1 is 0.700 bits per heavy atom. The number of nitrogens with zero attached hydrogens (tertiary/aromatic N) is 2. The molecule has 3 nitrogen and oxygen atoms in total. The fourth-order valence-corrected chi connectivity index (χ4v) is 4.24. The molecule has 0 radical (unpaired) electrons. The van der Waals surface area contributed by atoms with Crippen molar-refractivity contribution in [3.63, 3.8) is 0 Å². The number of rotatable bonds is 5. The number of phenolic OH excluding ortho intramolecular Hbond substituents is 1. The van der Waals surface area contributed by atoms with Crippen LogP contribution < -0.4 is 4.90 Å². The molecule has 4 aromatic rings. The molecule has 4 rings (SSSR count). The molecule has 0 aliphatic carbocycles. The van der Waals surface area contributed by atoms with Crippen LogP contribution in [0.5, 0.6) is 5.75 Å². The maximum atomic E-state index is 11.2. The second kappa shape index (κ2) is 14.2. The molecule has 0 saturated heterocycles. The van der Waals surface area contributed by atoms with Gasteiger partial charge in [-0.25, -0.2) is 0 Å². The Morgan fingerprint density at radius 2 is 1.18 bits per heavy atom. The predicted molar refractivity (Wildman–Crippen MR) is 171 cm³/mol. The maximum absolute atomic E-state index is 11.2. The number of aromatic hydroxyl groups is 1. The standard InChI is InChI=1S/C33H36N2O.3ClH.Zr/c1-32(2,3)25-21-24(31(36)28(22-25)33(4,5)6)23-34-29-19-13-14-20-30(29)35(26-15-9-7-10-16-26)27-17-11-8-12-18-27;;;;/h7-23,36H,1-6H3;3*1H;/q;;;;+3/p-3. The average molecular weight is 674 g/mol. The van der Waals surface area contributed by atoms with Gasteiger partial charge in [0, 0.05) is 28.7 Å². The summed E-state index contributed by atoms with van der Waals surface area (Å²) in [6, 6.07) is 32.9. The van der Waals surface area contributed by atoms with Crippen LogP contribution in [0.3, 0.4) is 0 Å². The van der Waals surface area contributed by atoms with Crippen molar-refractivity contribution in [2.75, 3.05) is 4.90 Å². The van der Waals surface area contributed by atoms with Crippen LogP contribution in [-0.2, 0) is 29.0 Å². The van der Waals surface area contributed by atoms with Crippen LogP contribution in [0.4, 0.5) is 22.7 Å². The second-order valence-corrected chi connectivity index (χ2v) is 22.6. The fourth-order valence-electron chi connectivity index (χ4n) is 4.24. The van der Waals surface area contributed by atoms with Gasteiger partial charge in [0.05, 0.1) is 11.4 Å². The summed E-state index contributed by atoms with van der Waals surface area (Å²) in [5.41, 5.74) is 6.49. The monoisotopic (exact) mass is 671 g/mol. The summed E-state index contributed by atoms with van der Waals surface area (Å²) in [6.07, 6.45) is 1.80. The van der Waals surface area contributed by atoms with Crippen LogP contribution in [0.2, 0.25) is 0 Å². The summed E-state index contributed by atoms with van der Waals surface area (Å²) in [5.74, 6) is 0.291. The first-order valence-electron chi connectivity index (χ1n) is 13.0. The summed E-state index contributed by atoms with van der Waals surface area (Å²) < 4.78 is 0. The van der Waals surface area contributed by atoms with Crippen molar-refractivity contribution in [3.05, 3.63) is 114 Å². The zero-order chi connectivity index (χ0) is 29.5. The van der Waals surface area contributed by atoms with Gasteiger partial charge in [0.25, 0.3) is 0 Å². The van der Waals surface area contributed by atoms with Gasteiger partial charge in [0.15, 0.2) is 0 Å². The van der Waals surface area contributed by atoms with Crippen LogP contribution in [0.1, 0.15) is 58.2 Å². The van der Waals surface area contributed by atoms with Gasteiger partial charge in [-0.15, -0.1) is 0 Å². The predicted octanol–water partition coefficient (Wildman–Crippen LogP) is 11.3. The first-order chi connectivity index (χ1) is 18.8. The van der Waals surface area contributed by atoms with E-state index in [0.717, 1.165) is 33.9 Å². The molecule has 0 heterocycles. The number of halogens is 3. The molecule has 7 heteroatoms. The van der Waals surface area contributed by atoms with E-state index in [0.29, 0.717) is 5.75 Å². The molecule has 209 valence electrons. The topological polar surface area (TPSA) is 35.8 Å². The Kier molecular flexibility index (Phi) is 11.5. The van der Waals surface area contributed by atoms with Crippen LogP contribution in [0.25, 0.3) is 0 Å². The van der Waals surface area contributed by atoms with Gasteiger partial charge in [0.2, 0.25) is 0 Å². The van der Waals surface area contributed by atoms with E-state index in [9.17, 15) is 5.11 Å². The van der Waals surface area contributed by atoms with E-state index in [2.05, 4.69) is 88.9 Å².